The molecule has 0 aliphatic heterocycles. The van der Waals surface area contributed by atoms with Crippen LogP contribution in [0.5, 0.6) is 5.75 Å². The van der Waals surface area contributed by atoms with E-state index >= 15 is 0 Å². The highest BCUT2D eigenvalue weighted by molar-refractivity contribution is 7.98. The number of furan rings is 1. The fraction of sp³-hybridized carbons (Fsp3) is 0.353. The third-order valence-corrected chi connectivity index (χ3v) is 4.29. The van der Waals surface area contributed by atoms with Crippen LogP contribution in [0.4, 0.5) is 0 Å². The number of nitrogens with one attached hydrogen (secondary N) is 1. The molecule has 5 heteroatoms. The number of thioether (sulfide) groups is 1. The van der Waals surface area contributed by atoms with E-state index in [0.29, 0.717) is 6.54 Å². The third kappa shape index (κ3) is 5.15. The van der Waals surface area contributed by atoms with Crippen molar-refractivity contribution in [3.05, 3.63) is 53.5 Å². The summed E-state index contributed by atoms with van der Waals surface area (Å²) in [6.07, 6.45) is 1.67. The Kier molecular flexibility index (Phi) is 6.40. The van der Waals surface area contributed by atoms with Crippen molar-refractivity contribution < 1.29 is 13.9 Å². The molecule has 0 radical (unpaired) electrons. The molecule has 1 aromatic carbocycles. The van der Waals surface area contributed by atoms with Gasteiger partial charge in [-0.05, 0) is 43.2 Å². The molecule has 22 heavy (non-hydrogen) atoms. The second-order valence-electron chi connectivity index (χ2n) is 4.97. The fourth-order valence-electron chi connectivity index (χ4n) is 1.90. The predicted octanol–water partition coefficient (Wildman–Crippen LogP) is 3.32. The number of hydrogen-bond donors (Lipinski definition) is 1. The highest BCUT2D eigenvalue weighted by Gasteiger charge is 2.05. The van der Waals surface area contributed by atoms with Gasteiger partial charge < -0.3 is 14.5 Å². The van der Waals surface area contributed by atoms with Crippen molar-refractivity contribution in [2.24, 2.45) is 0 Å². The fourth-order valence-corrected chi connectivity index (χ4v) is 2.66. The van der Waals surface area contributed by atoms with Crippen molar-refractivity contribution in [2.45, 2.75) is 19.6 Å². The van der Waals surface area contributed by atoms with E-state index in [2.05, 4.69) is 5.32 Å². The molecule has 0 spiro atoms. The minimum Gasteiger partial charge on any atom is -0.483 e. The molecule has 0 saturated carbocycles. The molecular formula is C17H21NO3S. The number of benzene rings is 1. The van der Waals surface area contributed by atoms with Gasteiger partial charge in [-0.2, -0.15) is 11.8 Å². The minimum atomic E-state index is -0.0977. The standard InChI is InChI=1S/C17H21NO3S/c1-13-5-3-7-16(14(13)2)21-11-17(19)18-8-10-22-12-15-6-4-9-20-15/h3-7,9H,8,10-12H2,1-2H3,(H,18,19). The highest BCUT2D eigenvalue weighted by atomic mass is 32.2. The Morgan fingerprint density at radius 3 is 2.91 bits per heavy atom. The van der Waals surface area contributed by atoms with Gasteiger partial charge in [-0.15, -0.1) is 0 Å². The van der Waals surface area contributed by atoms with Crippen molar-refractivity contribution in [1.29, 1.82) is 0 Å². The lowest BCUT2D eigenvalue weighted by Crippen LogP contribution is -2.30. The third-order valence-electron chi connectivity index (χ3n) is 3.31. The number of ether oxygens (including phenoxy) is 1. The Bertz CT molecular complexity index is 596. The number of carbonyl (C=O) groups excluding carboxylic acids is 1. The normalized spacial score (nSPS) is 10.5. The van der Waals surface area contributed by atoms with E-state index < -0.39 is 0 Å². The van der Waals surface area contributed by atoms with Gasteiger partial charge in [0, 0.05) is 12.3 Å². The Morgan fingerprint density at radius 1 is 1.27 bits per heavy atom. The van der Waals surface area contributed by atoms with E-state index in [4.69, 9.17) is 9.15 Å². The van der Waals surface area contributed by atoms with E-state index in [1.807, 2.05) is 44.2 Å². The summed E-state index contributed by atoms with van der Waals surface area (Å²) >= 11 is 1.72. The summed E-state index contributed by atoms with van der Waals surface area (Å²) in [5.74, 6) is 3.29. The van der Waals surface area contributed by atoms with Crippen molar-refractivity contribution in [3.63, 3.8) is 0 Å². The maximum absolute atomic E-state index is 11.7. The number of carbonyl (C=O) groups is 1. The Balaban J connectivity index is 1.60. The summed E-state index contributed by atoms with van der Waals surface area (Å²) in [5.41, 5.74) is 2.23. The van der Waals surface area contributed by atoms with Gasteiger partial charge in [-0.25, -0.2) is 0 Å². The molecule has 2 aromatic rings. The van der Waals surface area contributed by atoms with Crippen LogP contribution in [0, 0.1) is 13.8 Å². The molecule has 1 amide bonds. The molecule has 0 aliphatic carbocycles. The van der Waals surface area contributed by atoms with E-state index in [-0.39, 0.29) is 12.5 Å². The van der Waals surface area contributed by atoms with E-state index in [9.17, 15) is 4.79 Å². The van der Waals surface area contributed by atoms with Gasteiger partial charge in [0.25, 0.3) is 5.91 Å². The summed E-state index contributed by atoms with van der Waals surface area (Å²) in [6.45, 7) is 4.69. The lowest BCUT2D eigenvalue weighted by molar-refractivity contribution is -0.122. The van der Waals surface area contributed by atoms with Crippen molar-refractivity contribution in [2.75, 3.05) is 18.9 Å². The number of amides is 1. The molecule has 0 fully saturated rings. The number of hydrogen-bond acceptors (Lipinski definition) is 4. The Labute approximate surface area is 135 Å². The maximum Gasteiger partial charge on any atom is 0.257 e. The molecule has 1 N–H and O–H groups in total. The number of rotatable bonds is 8. The van der Waals surface area contributed by atoms with Gasteiger partial charge in [-0.3, -0.25) is 4.79 Å². The van der Waals surface area contributed by atoms with Gasteiger partial charge in [-0.1, -0.05) is 12.1 Å². The molecule has 0 aliphatic rings. The summed E-state index contributed by atoms with van der Waals surface area (Å²) < 4.78 is 10.8. The van der Waals surface area contributed by atoms with Crippen LogP contribution in [0.25, 0.3) is 0 Å². The van der Waals surface area contributed by atoms with Crippen LogP contribution in [0.15, 0.2) is 41.0 Å². The highest BCUT2D eigenvalue weighted by Crippen LogP contribution is 2.20. The molecule has 0 bridgehead atoms. The van der Waals surface area contributed by atoms with Crippen LogP contribution in [0.1, 0.15) is 16.9 Å². The molecule has 0 atom stereocenters. The maximum atomic E-state index is 11.7. The second-order valence-corrected chi connectivity index (χ2v) is 6.07. The first-order valence-corrected chi connectivity index (χ1v) is 8.38. The minimum absolute atomic E-state index is 0.0488. The molecule has 0 unspecified atom stereocenters. The second kappa shape index (κ2) is 8.54. The summed E-state index contributed by atoms with van der Waals surface area (Å²) in [4.78, 5) is 11.7. The summed E-state index contributed by atoms with van der Waals surface area (Å²) in [6, 6.07) is 9.67. The van der Waals surface area contributed by atoms with Crippen molar-refractivity contribution in [3.8, 4) is 5.75 Å². The van der Waals surface area contributed by atoms with E-state index in [1.54, 1.807) is 18.0 Å². The summed E-state index contributed by atoms with van der Waals surface area (Å²) in [5, 5.41) is 2.85. The molecule has 2 rings (SSSR count). The average Bonchev–Trinajstić information content (AvgIpc) is 3.02. The zero-order valence-electron chi connectivity index (χ0n) is 12.9. The Morgan fingerprint density at radius 2 is 2.14 bits per heavy atom. The van der Waals surface area contributed by atoms with Crippen molar-refractivity contribution in [1.82, 2.24) is 5.32 Å². The Hall–Kier alpha value is -1.88. The van der Waals surface area contributed by atoms with Crippen LogP contribution in [0.3, 0.4) is 0 Å². The van der Waals surface area contributed by atoms with Gasteiger partial charge in [0.2, 0.25) is 0 Å². The van der Waals surface area contributed by atoms with Gasteiger partial charge in [0.05, 0.1) is 12.0 Å². The zero-order chi connectivity index (χ0) is 15.8. The zero-order valence-corrected chi connectivity index (χ0v) is 13.7. The first-order valence-electron chi connectivity index (χ1n) is 7.22. The predicted molar refractivity (Wildman–Crippen MR) is 89.3 cm³/mol. The van der Waals surface area contributed by atoms with Gasteiger partial charge >= 0.3 is 0 Å². The topological polar surface area (TPSA) is 51.5 Å². The van der Waals surface area contributed by atoms with E-state index in [0.717, 1.165) is 34.1 Å². The van der Waals surface area contributed by atoms with Crippen LogP contribution in [-0.2, 0) is 10.5 Å². The quantitative estimate of drug-likeness (QED) is 0.758. The summed E-state index contributed by atoms with van der Waals surface area (Å²) in [7, 11) is 0. The molecule has 4 nitrogen and oxygen atoms in total. The van der Waals surface area contributed by atoms with E-state index in [1.165, 1.54) is 0 Å². The largest absolute Gasteiger partial charge is 0.483 e. The molecule has 1 heterocycles. The SMILES string of the molecule is Cc1cccc(OCC(=O)NCCSCc2ccco2)c1C. The first-order chi connectivity index (χ1) is 10.7. The van der Waals surface area contributed by atoms with Gasteiger partial charge in [0.1, 0.15) is 11.5 Å². The first kappa shape index (κ1) is 16.5. The van der Waals surface area contributed by atoms with Crippen LogP contribution in [-0.4, -0.2) is 24.8 Å². The molecular weight excluding hydrogens is 298 g/mol. The van der Waals surface area contributed by atoms with Gasteiger partial charge in [0.15, 0.2) is 6.61 Å². The smallest absolute Gasteiger partial charge is 0.257 e. The van der Waals surface area contributed by atoms with Crippen LogP contribution < -0.4 is 10.1 Å². The molecule has 1 aromatic heterocycles. The van der Waals surface area contributed by atoms with Crippen LogP contribution in [0.2, 0.25) is 0 Å². The lowest BCUT2D eigenvalue weighted by atomic mass is 10.1. The average molecular weight is 319 g/mol. The number of aryl methyl sites for hydroxylation is 1. The molecule has 118 valence electrons. The van der Waals surface area contributed by atoms with Crippen molar-refractivity contribution >= 4 is 17.7 Å². The monoisotopic (exact) mass is 319 g/mol. The lowest BCUT2D eigenvalue weighted by Gasteiger charge is -2.10. The molecule has 0 saturated heterocycles. The van der Waals surface area contributed by atoms with Crippen LogP contribution >= 0.6 is 11.8 Å².